The molecule has 1 aromatic carbocycles. The van der Waals surface area contributed by atoms with Crippen molar-refractivity contribution in [1.29, 1.82) is 0 Å². The molecule has 1 fully saturated rings. The molecule has 1 N–H and O–H groups in total. The van der Waals surface area contributed by atoms with Crippen molar-refractivity contribution in [3.8, 4) is 5.75 Å². The third-order valence-corrected chi connectivity index (χ3v) is 1.85. The number of hydrogen-bond acceptors (Lipinski definition) is 5. The minimum atomic E-state index is -0.348. The number of carbonyl (C=O) groups excluding carboxylic acids is 1. The molecule has 0 amide bonds. The molecular formula is C11H14O5. The van der Waals surface area contributed by atoms with Gasteiger partial charge in [0.15, 0.2) is 0 Å². The van der Waals surface area contributed by atoms with Crippen LogP contribution >= 0.6 is 0 Å². The first-order valence-electron chi connectivity index (χ1n) is 4.71. The number of aliphatic hydroxyl groups is 1. The highest BCUT2D eigenvalue weighted by atomic mass is 16.8. The van der Waals surface area contributed by atoms with Gasteiger partial charge in [0.2, 0.25) is 6.29 Å². The summed E-state index contributed by atoms with van der Waals surface area (Å²) in [5.74, 6) is 0.347. The number of benzene rings is 1. The zero-order valence-electron chi connectivity index (χ0n) is 9.17. The first-order valence-corrected chi connectivity index (χ1v) is 4.71. The van der Waals surface area contributed by atoms with Crippen molar-refractivity contribution < 1.29 is 24.1 Å². The summed E-state index contributed by atoms with van der Waals surface area (Å²) < 4.78 is 14.8. The Kier molecular flexibility index (Phi) is 4.75. The van der Waals surface area contributed by atoms with Gasteiger partial charge in [-0.15, -0.1) is 0 Å². The Morgan fingerprint density at radius 1 is 1.38 bits per heavy atom. The Morgan fingerprint density at radius 2 is 1.94 bits per heavy atom. The first kappa shape index (κ1) is 12.5. The highest BCUT2D eigenvalue weighted by molar-refractivity contribution is 5.89. The second kappa shape index (κ2) is 6.09. The average molecular weight is 226 g/mol. The largest absolute Gasteiger partial charge is 0.465 e. The fourth-order valence-corrected chi connectivity index (χ4v) is 1.05. The van der Waals surface area contributed by atoms with Crippen molar-refractivity contribution in [3.63, 3.8) is 0 Å². The van der Waals surface area contributed by atoms with E-state index in [4.69, 9.17) is 14.6 Å². The van der Waals surface area contributed by atoms with Crippen LogP contribution in [-0.4, -0.2) is 38.2 Å². The number of rotatable bonds is 3. The van der Waals surface area contributed by atoms with Gasteiger partial charge in [-0.05, 0) is 24.3 Å². The van der Waals surface area contributed by atoms with Crippen molar-refractivity contribution in [2.75, 3.05) is 20.8 Å². The molecule has 1 saturated heterocycles. The number of methoxy groups -OCH3 is 1. The smallest absolute Gasteiger partial charge is 0.337 e. The molecule has 1 aliphatic heterocycles. The number of ether oxygens (including phenoxy) is 3. The van der Waals surface area contributed by atoms with Gasteiger partial charge in [-0.25, -0.2) is 4.79 Å². The van der Waals surface area contributed by atoms with Crippen LogP contribution in [0.4, 0.5) is 0 Å². The van der Waals surface area contributed by atoms with Crippen LogP contribution in [0.1, 0.15) is 10.4 Å². The number of carbonyl (C=O) groups is 1. The molecule has 0 saturated carbocycles. The second-order valence-electron chi connectivity index (χ2n) is 2.90. The Hall–Kier alpha value is -1.59. The van der Waals surface area contributed by atoms with Gasteiger partial charge in [0, 0.05) is 7.11 Å². The normalized spacial score (nSPS) is 16.8. The molecule has 1 heterocycles. The van der Waals surface area contributed by atoms with Crippen LogP contribution in [0.2, 0.25) is 0 Å². The minimum Gasteiger partial charge on any atom is -0.465 e. The maximum Gasteiger partial charge on any atom is 0.337 e. The molecule has 0 aromatic heterocycles. The van der Waals surface area contributed by atoms with Crippen LogP contribution in [0.3, 0.4) is 0 Å². The Labute approximate surface area is 93.6 Å². The number of esters is 1. The van der Waals surface area contributed by atoms with Crippen LogP contribution in [0.5, 0.6) is 5.75 Å². The number of epoxide rings is 1. The predicted octanol–water partition coefficient (Wildman–Crippen LogP) is 0.817. The maximum atomic E-state index is 11.1. The molecule has 1 aromatic rings. The van der Waals surface area contributed by atoms with E-state index < -0.39 is 0 Å². The zero-order chi connectivity index (χ0) is 12.0. The summed E-state index contributed by atoms with van der Waals surface area (Å²) in [6.45, 7) is 0.638. The molecule has 88 valence electrons. The van der Waals surface area contributed by atoms with Crippen LogP contribution in [0.15, 0.2) is 24.3 Å². The van der Waals surface area contributed by atoms with E-state index in [1.165, 1.54) is 7.11 Å². The number of aliphatic hydroxyl groups excluding tert-OH is 1. The molecule has 0 radical (unpaired) electrons. The molecule has 2 rings (SSSR count). The van der Waals surface area contributed by atoms with Crippen molar-refractivity contribution in [3.05, 3.63) is 29.8 Å². The van der Waals surface area contributed by atoms with Crippen molar-refractivity contribution >= 4 is 5.97 Å². The highest BCUT2D eigenvalue weighted by Gasteiger charge is 2.24. The van der Waals surface area contributed by atoms with E-state index in [-0.39, 0.29) is 12.3 Å². The molecule has 1 unspecified atom stereocenters. The molecule has 0 spiro atoms. The predicted molar refractivity (Wildman–Crippen MR) is 56.3 cm³/mol. The first-order chi connectivity index (χ1) is 7.79. The molecular weight excluding hydrogens is 212 g/mol. The lowest BCUT2D eigenvalue weighted by atomic mass is 10.2. The van der Waals surface area contributed by atoms with Gasteiger partial charge in [-0.1, -0.05) is 0 Å². The Morgan fingerprint density at radius 3 is 2.38 bits per heavy atom. The quantitative estimate of drug-likeness (QED) is 0.610. The summed E-state index contributed by atoms with van der Waals surface area (Å²) in [6, 6.07) is 6.74. The SMILES string of the molecule is CO.COC(=O)c1ccc(OC2CO2)cc1. The lowest BCUT2D eigenvalue weighted by Gasteiger charge is -2.02. The van der Waals surface area contributed by atoms with Crippen LogP contribution in [-0.2, 0) is 9.47 Å². The second-order valence-corrected chi connectivity index (χ2v) is 2.90. The monoisotopic (exact) mass is 226 g/mol. The van der Waals surface area contributed by atoms with Crippen molar-refractivity contribution in [1.82, 2.24) is 0 Å². The van der Waals surface area contributed by atoms with Gasteiger partial charge < -0.3 is 19.3 Å². The van der Waals surface area contributed by atoms with Gasteiger partial charge in [-0.2, -0.15) is 0 Å². The standard InChI is InChI=1S/C10H10O4.CH4O/c1-12-10(11)7-2-4-8(5-3-7)14-9-6-13-9;1-2/h2-5,9H,6H2,1H3;2H,1H3. The molecule has 0 aliphatic carbocycles. The lowest BCUT2D eigenvalue weighted by Crippen LogP contribution is -2.02. The maximum absolute atomic E-state index is 11.1. The van der Waals surface area contributed by atoms with Gasteiger partial charge in [0.1, 0.15) is 12.4 Å². The van der Waals surface area contributed by atoms with E-state index in [9.17, 15) is 4.79 Å². The van der Waals surface area contributed by atoms with Crippen molar-refractivity contribution in [2.45, 2.75) is 6.29 Å². The highest BCUT2D eigenvalue weighted by Crippen LogP contribution is 2.19. The van der Waals surface area contributed by atoms with E-state index in [1.54, 1.807) is 24.3 Å². The molecule has 5 heteroatoms. The fraction of sp³-hybridized carbons (Fsp3) is 0.364. The van der Waals surface area contributed by atoms with Crippen LogP contribution in [0, 0.1) is 0 Å². The summed E-state index contributed by atoms with van der Waals surface area (Å²) in [5, 5.41) is 7.00. The third-order valence-electron chi connectivity index (χ3n) is 1.85. The van der Waals surface area contributed by atoms with Crippen LogP contribution < -0.4 is 4.74 Å². The molecule has 1 atom stereocenters. The topological polar surface area (TPSA) is 68.3 Å². The summed E-state index contributed by atoms with van der Waals surface area (Å²) in [4.78, 5) is 11.1. The summed E-state index contributed by atoms with van der Waals surface area (Å²) >= 11 is 0. The van der Waals surface area contributed by atoms with Gasteiger partial charge in [-0.3, -0.25) is 0 Å². The fourth-order valence-electron chi connectivity index (χ4n) is 1.05. The third kappa shape index (κ3) is 3.52. The summed E-state index contributed by atoms with van der Waals surface area (Å²) in [7, 11) is 2.35. The van der Waals surface area contributed by atoms with Gasteiger partial charge >= 0.3 is 5.97 Å². The lowest BCUT2D eigenvalue weighted by molar-refractivity contribution is 0.0600. The molecule has 5 nitrogen and oxygen atoms in total. The average Bonchev–Trinajstić information content (AvgIpc) is 3.16. The van der Waals surface area contributed by atoms with E-state index in [0.717, 1.165) is 7.11 Å². The van der Waals surface area contributed by atoms with Crippen LogP contribution in [0.25, 0.3) is 0 Å². The summed E-state index contributed by atoms with van der Waals surface area (Å²) in [6.07, 6.45) is -0.112. The van der Waals surface area contributed by atoms with E-state index >= 15 is 0 Å². The van der Waals surface area contributed by atoms with E-state index in [2.05, 4.69) is 4.74 Å². The molecule has 16 heavy (non-hydrogen) atoms. The number of hydrogen-bond donors (Lipinski definition) is 1. The Balaban J connectivity index is 0.000000606. The molecule has 1 aliphatic rings. The zero-order valence-corrected chi connectivity index (χ0v) is 9.17. The summed E-state index contributed by atoms with van der Waals surface area (Å²) in [5.41, 5.74) is 0.511. The van der Waals surface area contributed by atoms with Crippen molar-refractivity contribution in [2.24, 2.45) is 0 Å². The van der Waals surface area contributed by atoms with E-state index in [0.29, 0.717) is 17.9 Å². The van der Waals surface area contributed by atoms with Gasteiger partial charge in [0.25, 0.3) is 0 Å². The minimum absolute atomic E-state index is 0.112. The van der Waals surface area contributed by atoms with Gasteiger partial charge in [0.05, 0.1) is 12.7 Å². The van der Waals surface area contributed by atoms with E-state index in [1.807, 2.05) is 0 Å². The molecule has 0 bridgehead atoms. The Bertz CT molecular complexity index is 329.